The van der Waals surface area contributed by atoms with Crippen LogP contribution in [0.25, 0.3) is 21.9 Å². The predicted molar refractivity (Wildman–Crippen MR) is 104 cm³/mol. The van der Waals surface area contributed by atoms with E-state index in [-0.39, 0.29) is 5.75 Å². The van der Waals surface area contributed by atoms with E-state index in [1.165, 1.54) is 0 Å². The molecule has 0 radical (unpaired) electrons. The van der Waals surface area contributed by atoms with Gasteiger partial charge in [0.25, 0.3) is 0 Å². The molecule has 0 bridgehead atoms. The number of ether oxygens (including phenoxy) is 5. The molecule has 6 nitrogen and oxygen atoms in total. The molecule has 0 heterocycles. The molecule has 0 saturated heterocycles. The summed E-state index contributed by atoms with van der Waals surface area (Å²) in [6, 6.07) is 10.8. The molecule has 0 aromatic heterocycles. The number of benzene rings is 3. The third-order valence-electron chi connectivity index (χ3n) is 4.48. The topological polar surface area (TPSA) is 66.4 Å². The molecular weight excluding hydrogens is 348 g/mol. The summed E-state index contributed by atoms with van der Waals surface area (Å²) in [5, 5.41) is 11.7. The van der Waals surface area contributed by atoms with E-state index >= 15 is 0 Å². The minimum absolute atomic E-state index is 0.119. The normalized spacial score (nSPS) is 10.6. The Bertz CT molecular complexity index is 980. The Hall–Kier alpha value is -3.28. The van der Waals surface area contributed by atoms with Gasteiger partial charge in [-0.2, -0.15) is 0 Å². The average molecular weight is 370 g/mol. The first-order valence-electron chi connectivity index (χ1n) is 8.26. The van der Waals surface area contributed by atoms with Crippen molar-refractivity contribution in [3.63, 3.8) is 0 Å². The van der Waals surface area contributed by atoms with Crippen LogP contribution in [0.5, 0.6) is 34.5 Å². The molecule has 0 aliphatic carbocycles. The van der Waals surface area contributed by atoms with Crippen molar-refractivity contribution in [1.82, 2.24) is 0 Å². The molecule has 1 N–H and O–H groups in total. The van der Waals surface area contributed by atoms with Gasteiger partial charge in [0.1, 0.15) is 5.75 Å². The largest absolute Gasteiger partial charge is 0.507 e. The second-order valence-corrected chi connectivity index (χ2v) is 5.77. The van der Waals surface area contributed by atoms with Crippen molar-refractivity contribution < 1.29 is 28.8 Å². The fourth-order valence-electron chi connectivity index (χ4n) is 3.21. The maximum absolute atomic E-state index is 10.4. The molecule has 142 valence electrons. The molecule has 0 amide bonds. The van der Waals surface area contributed by atoms with Gasteiger partial charge in [-0.1, -0.05) is 6.07 Å². The summed E-state index contributed by atoms with van der Waals surface area (Å²) >= 11 is 0. The van der Waals surface area contributed by atoms with E-state index in [0.29, 0.717) is 39.5 Å². The van der Waals surface area contributed by atoms with Crippen LogP contribution in [0.2, 0.25) is 0 Å². The number of fused-ring (bicyclic) bond motifs is 1. The quantitative estimate of drug-likeness (QED) is 0.700. The van der Waals surface area contributed by atoms with Gasteiger partial charge in [0, 0.05) is 10.8 Å². The third-order valence-corrected chi connectivity index (χ3v) is 4.48. The highest BCUT2D eigenvalue weighted by Crippen LogP contribution is 2.49. The summed E-state index contributed by atoms with van der Waals surface area (Å²) in [5.41, 5.74) is 1.73. The fraction of sp³-hybridized carbons (Fsp3) is 0.238. The van der Waals surface area contributed by atoms with Crippen LogP contribution in [0.4, 0.5) is 0 Å². The van der Waals surface area contributed by atoms with Crippen molar-refractivity contribution in [2.75, 3.05) is 35.5 Å². The molecule has 3 rings (SSSR count). The van der Waals surface area contributed by atoms with E-state index in [1.807, 2.05) is 24.3 Å². The Morgan fingerprint density at radius 1 is 0.630 bits per heavy atom. The highest BCUT2D eigenvalue weighted by molar-refractivity contribution is 6.06. The lowest BCUT2D eigenvalue weighted by molar-refractivity contribution is 0.327. The highest BCUT2D eigenvalue weighted by atomic mass is 16.5. The summed E-state index contributed by atoms with van der Waals surface area (Å²) in [7, 11) is 7.82. The van der Waals surface area contributed by atoms with Crippen molar-refractivity contribution in [1.29, 1.82) is 0 Å². The van der Waals surface area contributed by atoms with Crippen LogP contribution in [0.1, 0.15) is 0 Å². The number of methoxy groups -OCH3 is 5. The monoisotopic (exact) mass is 370 g/mol. The lowest BCUT2D eigenvalue weighted by Gasteiger charge is -2.18. The summed E-state index contributed by atoms with van der Waals surface area (Å²) < 4.78 is 27.3. The molecule has 0 spiro atoms. The molecule has 3 aromatic rings. The van der Waals surface area contributed by atoms with Crippen molar-refractivity contribution in [3.8, 4) is 45.6 Å². The van der Waals surface area contributed by atoms with Crippen molar-refractivity contribution in [3.05, 3.63) is 36.4 Å². The molecule has 0 fully saturated rings. The highest BCUT2D eigenvalue weighted by Gasteiger charge is 2.21. The van der Waals surface area contributed by atoms with Gasteiger partial charge in [0.05, 0.1) is 35.5 Å². The summed E-state index contributed by atoms with van der Waals surface area (Å²) in [5.74, 6) is 2.77. The molecule has 0 saturated carbocycles. The van der Waals surface area contributed by atoms with Crippen LogP contribution in [0.3, 0.4) is 0 Å². The van der Waals surface area contributed by atoms with Gasteiger partial charge in [-0.15, -0.1) is 0 Å². The Labute approximate surface area is 157 Å². The van der Waals surface area contributed by atoms with Gasteiger partial charge in [0.2, 0.25) is 5.75 Å². The Morgan fingerprint density at radius 2 is 1.30 bits per heavy atom. The van der Waals surface area contributed by atoms with Gasteiger partial charge in [-0.3, -0.25) is 0 Å². The van der Waals surface area contributed by atoms with Crippen molar-refractivity contribution in [2.24, 2.45) is 0 Å². The minimum Gasteiger partial charge on any atom is -0.507 e. The zero-order valence-corrected chi connectivity index (χ0v) is 16.0. The fourth-order valence-corrected chi connectivity index (χ4v) is 3.21. The molecular formula is C21H22O6. The van der Waals surface area contributed by atoms with E-state index in [9.17, 15) is 5.11 Å². The number of aromatic hydroxyl groups is 1. The number of rotatable bonds is 6. The van der Waals surface area contributed by atoms with Crippen LogP contribution < -0.4 is 23.7 Å². The zero-order chi connectivity index (χ0) is 19.6. The zero-order valence-electron chi connectivity index (χ0n) is 16.0. The SMILES string of the molecule is COc1ccc(-c2ccc(O)c3cc(OC)c(OC)c(OC)c23)cc1OC. The molecule has 3 aromatic carbocycles. The molecule has 27 heavy (non-hydrogen) atoms. The second kappa shape index (κ2) is 7.53. The van der Waals surface area contributed by atoms with E-state index in [0.717, 1.165) is 11.1 Å². The van der Waals surface area contributed by atoms with Crippen LogP contribution in [-0.4, -0.2) is 40.7 Å². The number of hydrogen-bond donors (Lipinski definition) is 1. The summed E-state index contributed by atoms with van der Waals surface area (Å²) in [6.07, 6.45) is 0. The second-order valence-electron chi connectivity index (χ2n) is 5.77. The molecule has 6 heteroatoms. The maximum Gasteiger partial charge on any atom is 0.203 e. The standard InChI is InChI=1S/C21H22O6/c1-23-16-9-6-12(10-17(16)24-2)13-7-8-15(22)14-11-18(25-3)20(26-4)21(27-5)19(13)14/h6-11,22H,1-5H3. The van der Waals surface area contributed by atoms with Crippen LogP contribution >= 0.6 is 0 Å². The van der Waals surface area contributed by atoms with Crippen LogP contribution in [0, 0.1) is 0 Å². The smallest absolute Gasteiger partial charge is 0.203 e. The number of hydrogen-bond acceptors (Lipinski definition) is 6. The van der Waals surface area contributed by atoms with Gasteiger partial charge < -0.3 is 28.8 Å². The minimum atomic E-state index is 0.119. The Kier molecular flexibility index (Phi) is 5.16. The first-order valence-corrected chi connectivity index (χ1v) is 8.26. The lowest BCUT2D eigenvalue weighted by atomic mass is 9.95. The van der Waals surface area contributed by atoms with Crippen LogP contribution in [-0.2, 0) is 0 Å². The molecule has 0 atom stereocenters. The van der Waals surface area contributed by atoms with E-state index in [4.69, 9.17) is 23.7 Å². The van der Waals surface area contributed by atoms with Gasteiger partial charge >= 0.3 is 0 Å². The maximum atomic E-state index is 10.4. The predicted octanol–water partition coefficient (Wildman–Crippen LogP) is 4.26. The molecule has 0 aliphatic rings. The average Bonchev–Trinajstić information content (AvgIpc) is 2.72. The summed E-state index contributed by atoms with van der Waals surface area (Å²) in [4.78, 5) is 0. The van der Waals surface area contributed by atoms with Gasteiger partial charge in [-0.05, 0) is 41.5 Å². The van der Waals surface area contributed by atoms with Crippen LogP contribution in [0.15, 0.2) is 36.4 Å². The van der Waals surface area contributed by atoms with Crippen molar-refractivity contribution >= 4 is 10.8 Å². The lowest BCUT2D eigenvalue weighted by Crippen LogP contribution is -1.97. The van der Waals surface area contributed by atoms with Crippen molar-refractivity contribution in [2.45, 2.75) is 0 Å². The molecule has 0 unspecified atom stereocenters. The summed E-state index contributed by atoms with van der Waals surface area (Å²) in [6.45, 7) is 0. The molecule has 0 aliphatic heterocycles. The van der Waals surface area contributed by atoms with Gasteiger partial charge in [0.15, 0.2) is 23.0 Å². The first-order chi connectivity index (χ1) is 13.1. The van der Waals surface area contributed by atoms with Gasteiger partial charge in [-0.25, -0.2) is 0 Å². The van der Waals surface area contributed by atoms with E-state index in [1.54, 1.807) is 47.7 Å². The Morgan fingerprint density at radius 3 is 1.89 bits per heavy atom. The van der Waals surface area contributed by atoms with E-state index < -0.39 is 0 Å². The van der Waals surface area contributed by atoms with E-state index in [2.05, 4.69) is 0 Å². The number of phenolic OH excluding ortho intramolecular Hbond substituents is 1. The Balaban J connectivity index is 2.39. The number of phenols is 1. The first kappa shape index (κ1) is 18.5. The third kappa shape index (κ3) is 3.03.